The Morgan fingerprint density at radius 1 is 1.46 bits per heavy atom. The summed E-state index contributed by atoms with van der Waals surface area (Å²) in [7, 11) is 0. The van der Waals surface area contributed by atoms with Gasteiger partial charge in [0.05, 0.1) is 0 Å². The number of ketones is 1. The molecule has 2 heteroatoms. The molecule has 0 bridgehead atoms. The minimum Gasteiger partial charge on any atom is -0.295 e. The molecule has 1 aromatic carbocycles. The first-order valence-corrected chi connectivity index (χ1v) is 4.04. The molecule has 0 aliphatic rings. The normalized spacial score (nSPS) is 10.7. The average molecular weight is 178 g/mol. The fourth-order valence-electron chi connectivity index (χ4n) is 0.985. The first-order chi connectivity index (χ1) is 6.09. The summed E-state index contributed by atoms with van der Waals surface area (Å²) in [4.78, 5) is 10.6. The number of carbonyl (C=O) groups is 1. The number of aryl methyl sites for hydroxylation is 1. The second kappa shape index (κ2) is 3.99. The lowest BCUT2D eigenvalue weighted by molar-refractivity contribution is -0.112. The van der Waals surface area contributed by atoms with Crippen molar-refractivity contribution in [2.75, 3.05) is 0 Å². The van der Waals surface area contributed by atoms with Crippen LogP contribution in [0.1, 0.15) is 18.1 Å². The lowest BCUT2D eigenvalue weighted by Crippen LogP contribution is -1.84. The molecule has 68 valence electrons. The van der Waals surface area contributed by atoms with E-state index in [4.69, 9.17) is 0 Å². The summed E-state index contributed by atoms with van der Waals surface area (Å²) >= 11 is 0. The predicted molar refractivity (Wildman–Crippen MR) is 50.9 cm³/mol. The summed E-state index contributed by atoms with van der Waals surface area (Å²) in [6.07, 6.45) is 3.14. The Kier molecular flexibility index (Phi) is 2.96. The molecule has 0 atom stereocenters. The highest BCUT2D eigenvalue weighted by Gasteiger charge is 1.95. The molecular formula is C11H11FO. The van der Waals surface area contributed by atoms with Gasteiger partial charge in [0.15, 0.2) is 5.78 Å². The van der Waals surface area contributed by atoms with Gasteiger partial charge in [-0.2, -0.15) is 0 Å². The lowest BCUT2D eigenvalue weighted by atomic mass is 10.1. The van der Waals surface area contributed by atoms with Crippen LogP contribution in [-0.2, 0) is 4.79 Å². The minimum absolute atomic E-state index is 0.0121. The van der Waals surface area contributed by atoms with Crippen molar-refractivity contribution >= 4 is 11.9 Å². The lowest BCUT2D eigenvalue weighted by Gasteiger charge is -1.97. The van der Waals surface area contributed by atoms with Gasteiger partial charge in [-0.05, 0) is 43.2 Å². The molecule has 0 N–H and O–H groups in total. The monoisotopic (exact) mass is 178 g/mol. The molecule has 0 fully saturated rings. The van der Waals surface area contributed by atoms with Crippen LogP contribution in [-0.4, -0.2) is 5.78 Å². The van der Waals surface area contributed by atoms with Crippen LogP contribution in [0.2, 0.25) is 0 Å². The fourth-order valence-corrected chi connectivity index (χ4v) is 0.985. The molecule has 1 rings (SSSR count). The predicted octanol–water partition coefficient (Wildman–Crippen LogP) is 2.74. The van der Waals surface area contributed by atoms with Gasteiger partial charge in [-0.3, -0.25) is 4.79 Å². The number of carbonyl (C=O) groups excluding carboxylic acids is 1. The standard InChI is InChI=1S/C11H11FO/c1-8-7-10(4-3-9(2)13)5-6-11(8)12/h3-7H,1-2H3. The van der Waals surface area contributed by atoms with E-state index < -0.39 is 0 Å². The molecule has 1 nitrogen and oxygen atoms in total. The number of allylic oxidation sites excluding steroid dienone is 1. The Morgan fingerprint density at radius 3 is 2.69 bits per heavy atom. The van der Waals surface area contributed by atoms with Crippen LogP contribution < -0.4 is 0 Å². The quantitative estimate of drug-likeness (QED) is 0.636. The van der Waals surface area contributed by atoms with Gasteiger partial charge in [-0.25, -0.2) is 4.39 Å². The Labute approximate surface area is 76.9 Å². The SMILES string of the molecule is CC(=O)C=Cc1ccc(F)c(C)c1. The van der Waals surface area contributed by atoms with Crippen molar-refractivity contribution in [3.8, 4) is 0 Å². The highest BCUT2D eigenvalue weighted by molar-refractivity contribution is 5.91. The van der Waals surface area contributed by atoms with E-state index in [1.165, 1.54) is 19.1 Å². The van der Waals surface area contributed by atoms with E-state index in [-0.39, 0.29) is 11.6 Å². The Balaban J connectivity index is 2.92. The Bertz CT molecular complexity index is 353. The summed E-state index contributed by atoms with van der Waals surface area (Å²) in [5, 5.41) is 0. The van der Waals surface area contributed by atoms with Crippen LogP contribution in [0.3, 0.4) is 0 Å². The van der Waals surface area contributed by atoms with Crippen molar-refractivity contribution in [1.82, 2.24) is 0 Å². The molecule has 0 aromatic heterocycles. The van der Waals surface area contributed by atoms with Crippen LogP contribution >= 0.6 is 0 Å². The van der Waals surface area contributed by atoms with Gasteiger partial charge in [-0.15, -0.1) is 0 Å². The van der Waals surface area contributed by atoms with Crippen LogP contribution in [0.25, 0.3) is 6.08 Å². The summed E-state index contributed by atoms with van der Waals surface area (Å²) in [5.41, 5.74) is 1.43. The summed E-state index contributed by atoms with van der Waals surface area (Å²) < 4.78 is 12.8. The first kappa shape index (κ1) is 9.65. The van der Waals surface area contributed by atoms with Gasteiger partial charge in [0.1, 0.15) is 5.82 Å². The molecule has 0 radical (unpaired) electrons. The van der Waals surface area contributed by atoms with Crippen molar-refractivity contribution in [2.24, 2.45) is 0 Å². The maximum absolute atomic E-state index is 12.8. The van der Waals surface area contributed by atoms with E-state index in [1.807, 2.05) is 0 Å². The topological polar surface area (TPSA) is 17.1 Å². The molecule has 0 aliphatic heterocycles. The smallest absolute Gasteiger partial charge is 0.152 e. The largest absolute Gasteiger partial charge is 0.295 e. The molecule has 13 heavy (non-hydrogen) atoms. The van der Waals surface area contributed by atoms with Crippen molar-refractivity contribution in [2.45, 2.75) is 13.8 Å². The van der Waals surface area contributed by atoms with Gasteiger partial charge >= 0.3 is 0 Å². The number of hydrogen-bond donors (Lipinski definition) is 0. The summed E-state index contributed by atoms with van der Waals surface area (Å²) in [6.45, 7) is 3.17. The maximum Gasteiger partial charge on any atom is 0.152 e. The molecule has 0 saturated heterocycles. The average Bonchev–Trinajstić information content (AvgIpc) is 2.07. The van der Waals surface area contributed by atoms with Crippen molar-refractivity contribution in [3.05, 3.63) is 41.2 Å². The van der Waals surface area contributed by atoms with E-state index in [1.54, 1.807) is 25.1 Å². The number of hydrogen-bond acceptors (Lipinski definition) is 1. The summed E-state index contributed by atoms with van der Waals surface area (Å²) in [6, 6.07) is 4.74. The highest BCUT2D eigenvalue weighted by atomic mass is 19.1. The van der Waals surface area contributed by atoms with Gasteiger partial charge < -0.3 is 0 Å². The van der Waals surface area contributed by atoms with E-state index in [9.17, 15) is 9.18 Å². The molecule has 0 heterocycles. The van der Waals surface area contributed by atoms with Crippen LogP contribution in [0, 0.1) is 12.7 Å². The van der Waals surface area contributed by atoms with E-state index in [0.717, 1.165) is 5.56 Å². The van der Waals surface area contributed by atoms with Gasteiger partial charge in [-0.1, -0.05) is 12.1 Å². The van der Waals surface area contributed by atoms with Crippen molar-refractivity contribution in [1.29, 1.82) is 0 Å². The second-order valence-corrected chi connectivity index (χ2v) is 2.95. The Hall–Kier alpha value is -1.44. The van der Waals surface area contributed by atoms with Gasteiger partial charge in [0.2, 0.25) is 0 Å². The summed E-state index contributed by atoms with van der Waals surface area (Å²) in [5.74, 6) is -0.234. The molecule has 1 aromatic rings. The van der Waals surface area contributed by atoms with Crippen molar-refractivity contribution < 1.29 is 9.18 Å². The number of halogens is 1. The van der Waals surface area contributed by atoms with Gasteiger partial charge in [0, 0.05) is 0 Å². The second-order valence-electron chi connectivity index (χ2n) is 2.95. The zero-order chi connectivity index (χ0) is 9.84. The molecule has 0 aliphatic carbocycles. The molecule has 0 spiro atoms. The third-order valence-corrected chi connectivity index (χ3v) is 1.69. The van der Waals surface area contributed by atoms with E-state index in [0.29, 0.717) is 5.56 Å². The maximum atomic E-state index is 12.8. The molecule has 0 amide bonds. The highest BCUT2D eigenvalue weighted by Crippen LogP contribution is 2.10. The molecule has 0 saturated carbocycles. The Morgan fingerprint density at radius 2 is 2.15 bits per heavy atom. The van der Waals surface area contributed by atoms with Gasteiger partial charge in [0.25, 0.3) is 0 Å². The zero-order valence-electron chi connectivity index (χ0n) is 7.67. The first-order valence-electron chi connectivity index (χ1n) is 4.04. The van der Waals surface area contributed by atoms with Crippen molar-refractivity contribution in [3.63, 3.8) is 0 Å². The van der Waals surface area contributed by atoms with E-state index >= 15 is 0 Å². The number of benzene rings is 1. The zero-order valence-corrected chi connectivity index (χ0v) is 7.67. The third kappa shape index (κ3) is 2.82. The third-order valence-electron chi connectivity index (χ3n) is 1.69. The molecular weight excluding hydrogens is 167 g/mol. The molecule has 0 unspecified atom stereocenters. The number of rotatable bonds is 2. The minimum atomic E-state index is -0.222. The van der Waals surface area contributed by atoms with Crippen LogP contribution in [0.5, 0.6) is 0 Å². The van der Waals surface area contributed by atoms with Crippen LogP contribution in [0.15, 0.2) is 24.3 Å². The van der Waals surface area contributed by atoms with E-state index in [2.05, 4.69) is 0 Å². The van der Waals surface area contributed by atoms with Crippen LogP contribution in [0.4, 0.5) is 4.39 Å². The fraction of sp³-hybridized carbons (Fsp3) is 0.182.